The molecule has 1 rings (SSSR count). The Morgan fingerprint density at radius 1 is 1.39 bits per heavy atom. The number of nitrogens with zero attached hydrogens (tertiary/aromatic N) is 1. The Kier molecular flexibility index (Phi) is 4.90. The Balaban J connectivity index is 2.77. The van der Waals surface area contributed by atoms with Crippen LogP contribution in [-0.2, 0) is 14.3 Å². The second-order valence-electron chi connectivity index (χ2n) is 5.46. The molecule has 1 saturated heterocycles. The molecule has 0 aromatic carbocycles. The van der Waals surface area contributed by atoms with Crippen molar-refractivity contribution < 1.29 is 19.1 Å². The fourth-order valence-electron chi connectivity index (χ4n) is 1.94. The highest BCUT2D eigenvalue weighted by molar-refractivity contribution is 7.80. The molecule has 6 heteroatoms. The molecule has 1 aliphatic rings. The van der Waals surface area contributed by atoms with Gasteiger partial charge in [0.2, 0.25) is 0 Å². The molecule has 0 aliphatic carbocycles. The summed E-state index contributed by atoms with van der Waals surface area (Å²) in [5.41, 5.74) is -0.573. The molecule has 0 aromatic heterocycles. The van der Waals surface area contributed by atoms with Crippen molar-refractivity contribution in [1.82, 2.24) is 4.90 Å². The lowest BCUT2D eigenvalue weighted by Gasteiger charge is -2.27. The van der Waals surface area contributed by atoms with E-state index in [1.165, 1.54) is 12.0 Å². The first-order chi connectivity index (χ1) is 8.28. The summed E-state index contributed by atoms with van der Waals surface area (Å²) in [6.07, 6.45) is 0.109. The number of carbonyl (C=O) groups excluding carboxylic acids is 2. The lowest BCUT2D eigenvalue weighted by Crippen LogP contribution is -2.43. The summed E-state index contributed by atoms with van der Waals surface area (Å²) >= 11 is 4.22. The number of methoxy groups -OCH3 is 1. The molecule has 1 amide bonds. The second kappa shape index (κ2) is 5.82. The fraction of sp³-hybridized carbons (Fsp3) is 0.833. The Labute approximate surface area is 113 Å². The predicted molar refractivity (Wildman–Crippen MR) is 70.7 cm³/mol. The number of thiol groups is 1. The van der Waals surface area contributed by atoms with Crippen LogP contribution in [0.25, 0.3) is 0 Å². The number of esters is 1. The third-order valence-electron chi connectivity index (χ3n) is 2.75. The van der Waals surface area contributed by atoms with Gasteiger partial charge in [0.25, 0.3) is 0 Å². The van der Waals surface area contributed by atoms with Gasteiger partial charge in [0.1, 0.15) is 11.6 Å². The van der Waals surface area contributed by atoms with Crippen molar-refractivity contribution in [2.75, 3.05) is 19.4 Å². The van der Waals surface area contributed by atoms with E-state index < -0.39 is 23.7 Å². The number of rotatable bonds is 2. The average molecular weight is 275 g/mol. The minimum Gasteiger partial charge on any atom is -0.467 e. The maximum atomic E-state index is 12.0. The van der Waals surface area contributed by atoms with Crippen LogP contribution in [0.4, 0.5) is 4.79 Å². The van der Waals surface area contributed by atoms with E-state index in [2.05, 4.69) is 12.6 Å². The molecule has 0 N–H and O–H groups in total. The van der Waals surface area contributed by atoms with Gasteiger partial charge in [-0.25, -0.2) is 9.59 Å². The third-order valence-corrected chi connectivity index (χ3v) is 3.26. The second-order valence-corrected chi connectivity index (χ2v) is 5.82. The zero-order valence-electron chi connectivity index (χ0n) is 11.3. The van der Waals surface area contributed by atoms with Gasteiger partial charge in [-0.15, -0.1) is 0 Å². The maximum absolute atomic E-state index is 12.0. The molecule has 0 bridgehead atoms. The highest BCUT2D eigenvalue weighted by atomic mass is 32.1. The first-order valence-electron chi connectivity index (χ1n) is 5.96. The van der Waals surface area contributed by atoms with Gasteiger partial charge < -0.3 is 9.47 Å². The standard InChI is InChI=1S/C12H21NO4S/c1-12(2,3)17-11(15)13-6-8(7-18)5-9(13)10(14)16-4/h8-9,18H,5-7H2,1-4H3/t8-,9-/m0/s1. The summed E-state index contributed by atoms with van der Waals surface area (Å²) in [6.45, 7) is 5.87. The molecular weight excluding hydrogens is 254 g/mol. The summed E-state index contributed by atoms with van der Waals surface area (Å²) in [4.78, 5) is 25.1. The lowest BCUT2D eigenvalue weighted by molar-refractivity contribution is -0.145. The van der Waals surface area contributed by atoms with Crippen LogP contribution in [0.2, 0.25) is 0 Å². The average Bonchev–Trinajstić information content (AvgIpc) is 2.69. The van der Waals surface area contributed by atoms with Crippen molar-refractivity contribution in [2.45, 2.75) is 38.8 Å². The number of amides is 1. The summed E-state index contributed by atoms with van der Waals surface area (Å²) in [6, 6.07) is -0.554. The van der Waals surface area contributed by atoms with Crippen molar-refractivity contribution in [3.8, 4) is 0 Å². The molecule has 18 heavy (non-hydrogen) atoms. The van der Waals surface area contributed by atoms with Crippen molar-refractivity contribution in [2.24, 2.45) is 5.92 Å². The highest BCUT2D eigenvalue weighted by Gasteiger charge is 2.41. The highest BCUT2D eigenvalue weighted by Crippen LogP contribution is 2.26. The number of carbonyl (C=O) groups is 2. The number of likely N-dealkylation sites (tertiary alicyclic amines) is 1. The van der Waals surface area contributed by atoms with Crippen LogP contribution in [0.5, 0.6) is 0 Å². The van der Waals surface area contributed by atoms with Gasteiger partial charge in [-0.1, -0.05) is 0 Å². The quantitative estimate of drug-likeness (QED) is 0.616. The van der Waals surface area contributed by atoms with Crippen LogP contribution in [0, 0.1) is 5.92 Å². The van der Waals surface area contributed by atoms with Crippen molar-refractivity contribution in [3.05, 3.63) is 0 Å². The van der Waals surface area contributed by atoms with E-state index in [4.69, 9.17) is 9.47 Å². The number of hydrogen-bond donors (Lipinski definition) is 1. The molecule has 0 unspecified atom stereocenters. The first-order valence-corrected chi connectivity index (χ1v) is 6.60. The topological polar surface area (TPSA) is 55.8 Å². The third kappa shape index (κ3) is 3.80. The van der Waals surface area contributed by atoms with Crippen LogP contribution in [0.3, 0.4) is 0 Å². The van der Waals surface area contributed by atoms with Crippen LogP contribution in [0.1, 0.15) is 27.2 Å². The smallest absolute Gasteiger partial charge is 0.411 e. The van der Waals surface area contributed by atoms with Gasteiger partial charge in [0.05, 0.1) is 7.11 Å². The summed E-state index contributed by atoms with van der Waals surface area (Å²) in [5.74, 6) is 0.433. The van der Waals surface area contributed by atoms with Crippen LogP contribution < -0.4 is 0 Å². The van der Waals surface area contributed by atoms with Gasteiger partial charge in [-0.3, -0.25) is 4.90 Å². The van der Waals surface area contributed by atoms with Crippen LogP contribution in [0.15, 0.2) is 0 Å². The number of hydrogen-bond acceptors (Lipinski definition) is 5. The predicted octanol–water partition coefficient (Wildman–Crippen LogP) is 1.71. The van der Waals surface area contributed by atoms with Gasteiger partial charge in [0, 0.05) is 6.54 Å². The molecule has 0 radical (unpaired) electrons. The fourth-order valence-corrected chi connectivity index (χ4v) is 2.20. The van der Waals surface area contributed by atoms with Crippen LogP contribution >= 0.6 is 12.6 Å². The van der Waals surface area contributed by atoms with Crippen LogP contribution in [-0.4, -0.2) is 48.0 Å². The molecule has 1 heterocycles. The maximum Gasteiger partial charge on any atom is 0.411 e. The van der Waals surface area contributed by atoms with Crippen molar-refractivity contribution >= 4 is 24.7 Å². The zero-order chi connectivity index (χ0) is 13.9. The monoisotopic (exact) mass is 275 g/mol. The Bertz CT molecular complexity index is 327. The molecule has 1 aliphatic heterocycles. The Morgan fingerprint density at radius 2 is 2.00 bits per heavy atom. The molecule has 2 atom stereocenters. The summed E-state index contributed by atoms with van der Waals surface area (Å²) in [7, 11) is 1.32. The van der Waals surface area contributed by atoms with Gasteiger partial charge in [-0.2, -0.15) is 12.6 Å². The lowest BCUT2D eigenvalue weighted by atomic mass is 10.1. The van der Waals surface area contributed by atoms with E-state index in [1.54, 1.807) is 20.8 Å². The van der Waals surface area contributed by atoms with E-state index in [0.29, 0.717) is 18.7 Å². The normalized spacial score (nSPS) is 23.9. The molecule has 1 fully saturated rings. The molecule has 0 aromatic rings. The number of ether oxygens (including phenoxy) is 2. The van der Waals surface area contributed by atoms with Gasteiger partial charge in [-0.05, 0) is 38.9 Å². The first kappa shape index (κ1) is 15.1. The Morgan fingerprint density at radius 3 is 2.44 bits per heavy atom. The van der Waals surface area contributed by atoms with E-state index in [9.17, 15) is 9.59 Å². The van der Waals surface area contributed by atoms with Crippen molar-refractivity contribution in [3.63, 3.8) is 0 Å². The molecule has 5 nitrogen and oxygen atoms in total. The van der Waals surface area contributed by atoms with Gasteiger partial charge in [0.15, 0.2) is 0 Å². The zero-order valence-corrected chi connectivity index (χ0v) is 12.2. The SMILES string of the molecule is COC(=O)[C@@H]1C[C@H](CS)CN1C(=O)OC(C)(C)C. The van der Waals surface area contributed by atoms with E-state index >= 15 is 0 Å². The van der Waals surface area contributed by atoms with E-state index in [1.807, 2.05) is 0 Å². The van der Waals surface area contributed by atoms with Crippen molar-refractivity contribution in [1.29, 1.82) is 0 Å². The molecule has 104 valence electrons. The largest absolute Gasteiger partial charge is 0.467 e. The molecule has 0 spiro atoms. The summed E-state index contributed by atoms with van der Waals surface area (Å²) < 4.78 is 10.0. The van der Waals surface area contributed by atoms with E-state index in [0.717, 1.165) is 0 Å². The van der Waals surface area contributed by atoms with Gasteiger partial charge >= 0.3 is 12.1 Å². The molecule has 0 saturated carbocycles. The molecular formula is C12H21NO4S. The summed E-state index contributed by atoms with van der Waals surface area (Å²) in [5, 5.41) is 0. The Hall–Kier alpha value is -0.910. The van der Waals surface area contributed by atoms with E-state index in [-0.39, 0.29) is 5.92 Å². The minimum atomic E-state index is -0.573. The minimum absolute atomic E-state index is 0.199.